The Labute approximate surface area is 194 Å². The number of anilines is 1. The normalized spacial score (nSPS) is 14.4. The molecule has 1 N–H and O–H groups in total. The fourth-order valence-corrected chi connectivity index (χ4v) is 4.81. The molecule has 1 amide bonds. The number of aryl methyl sites for hydroxylation is 1. The summed E-state index contributed by atoms with van der Waals surface area (Å²) in [5.74, 6) is 1.24. The molecule has 1 saturated heterocycles. The molecule has 32 heavy (non-hydrogen) atoms. The maximum Gasteiger partial charge on any atom is 0.234 e. The average molecular weight is 450 g/mol. The Morgan fingerprint density at radius 2 is 1.72 bits per heavy atom. The molecule has 2 heterocycles. The highest BCUT2D eigenvalue weighted by molar-refractivity contribution is 7.99. The summed E-state index contributed by atoms with van der Waals surface area (Å²) in [7, 11) is 0. The summed E-state index contributed by atoms with van der Waals surface area (Å²) in [4.78, 5) is 15.1. The smallest absolute Gasteiger partial charge is 0.234 e. The van der Waals surface area contributed by atoms with Crippen molar-refractivity contribution in [1.82, 2.24) is 19.7 Å². The molecule has 6 nitrogen and oxygen atoms in total. The summed E-state index contributed by atoms with van der Waals surface area (Å²) >= 11 is 1.45. The lowest BCUT2D eigenvalue weighted by Crippen LogP contribution is -2.30. The van der Waals surface area contributed by atoms with Gasteiger partial charge in [-0.3, -0.25) is 9.69 Å². The van der Waals surface area contributed by atoms with Crippen LogP contribution < -0.4 is 5.32 Å². The first-order valence-corrected chi connectivity index (χ1v) is 12.4. The number of piperidine rings is 1. The van der Waals surface area contributed by atoms with Crippen molar-refractivity contribution < 1.29 is 4.79 Å². The van der Waals surface area contributed by atoms with Crippen LogP contribution in [0.5, 0.6) is 0 Å². The fraction of sp³-hybridized carbons (Fsp3) is 0.400. The molecular weight excluding hydrogens is 418 g/mol. The number of amides is 1. The SMILES string of the molecule is CCc1ccccc1NC(=O)CSc1nnc(CN2CCCCC2)n1Cc1ccccc1. The first-order chi connectivity index (χ1) is 15.7. The van der Waals surface area contributed by atoms with Gasteiger partial charge in [0.2, 0.25) is 5.91 Å². The molecule has 0 unspecified atom stereocenters. The lowest BCUT2D eigenvalue weighted by atomic mass is 10.1. The van der Waals surface area contributed by atoms with Crippen molar-refractivity contribution in [3.63, 3.8) is 0 Å². The molecule has 0 atom stereocenters. The molecule has 2 aromatic carbocycles. The molecule has 0 radical (unpaired) electrons. The summed E-state index contributed by atoms with van der Waals surface area (Å²) in [5.41, 5.74) is 3.23. The Bertz CT molecular complexity index is 1010. The Balaban J connectivity index is 1.46. The van der Waals surface area contributed by atoms with Gasteiger partial charge in [-0.05, 0) is 49.5 Å². The van der Waals surface area contributed by atoms with Crippen LogP contribution in [0.4, 0.5) is 5.69 Å². The van der Waals surface area contributed by atoms with E-state index in [1.807, 2.05) is 30.3 Å². The average Bonchev–Trinajstić information content (AvgIpc) is 3.20. The quantitative estimate of drug-likeness (QED) is 0.484. The van der Waals surface area contributed by atoms with E-state index in [2.05, 4.69) is 56.2 Å². The van der Waals surface area contributed by atoms with Crippen LogP contribution in [0.1, 0.15) is 43.1 Å². The minimum atomic E-state index is -0.0252. The van der Waals surface area contributed by atoms with Gasteiger partial charge in [-0.2, -0.15) is 0 Å². The number of carbonyl (C=O) groups excluding carboxylic acids is 1. The Hall–Kier alpha value is -2.64. The highest BCUT2D eigenvalue weighted by Crippen LogP contribution is 2.22. The molecule has 0 aliphatic carbocycles. The number of thioether (sulfide) groups is 1. The molecule has 1 aromatic heterocycles. The van der Waals surface area contributed by atoms with Gasteiger partial charge in [0, 0.05) is 5.69 Å². The topological polar surface area (TPSA) is 63.1 Å². The molecular formula is C25H31N5OS. The number of benzene rings is 2. The third kappa shape index (κ3) is 5.99. The third-order valence-electron chi connectivity index (χ3n) is 5.80. The highest BCUT2D eigenvalue weighted by atomic mass is 32.2. The van der Waals surface area contributed by atoms with Crippen molar-refractivity contribution in [2.45, 2.75) is 50.9 Å². The number of aromatic nitrogens is 3. The van der Waals surface area contributed by atoms with Crippen LogP contribution in [-0.4, -0.2) is 44.4 Å². The van der Waals surface area contributed by atoms with Crippen LogP contribution in [0.3, 0.4) is 0 Å². The third-order valence-corrected chi connectivity index (χ3v) is 6.76. The van der Waals surface area contributed by atoms with Gasteiger partial charge in [0.1, 0.15) is 5.82 Å². The van der Waals surface area contributed by atoms with Gasteiger partial charge in [-0.1, -0.05) is 73.6 Å². The first kappa shape index (κ1) is 22.6. The van der Waals surface area contributed by atoms with Crippen LogP contribution in [0.25, 0.3) is 0 Å². The standard InChI is InChI=1S/C25H31N5OS/c1-2-21-13-7-8-14-22(21)26-24(31)19-32-25-28-27-23(18-29-15-9-4-10-16-29)30(25)17-20-11-5-3-6-12-20/h3,5-8,11-14H,2,4,9-10,15-19H2,1H3,(H,26,31). The number of para-hydroxylation sites is 1. The van der Waals surface area contributed by atoms with Gasteiger partial charge in [0.15, 0.2) is 5.16 Å². The van der Waals surface area contributed by atoms with E-state index < -0.39 is 0 Å². The Morgan fingerprint density at radius 1 is 0.969 bits per heavy atom. The number of rotatable bonds is 9. The molecule has 4 rings (SSSR count). The lowest BCUT2D eigenvalue weighted by molar-refractivity contribution is -0.113. The molecule has 1 aliphatic heterocycles. The summed E-state index contributed by atoms with van der Waals surface area (Å²) in [6.07, 6.45) is 4.68. The first-order valence-electron chi connectivity index (χ1n) is 11.4. The van der Waals surface area contributed by atoms with Crippen molar-refractivity contribution in [3.05, 3.63) is 71.5 Å². The van der Waals surface area contributed by atoms with E-state index in [9.17, 15) is 4.79 Å². The zero-order valence-electron chi connectivity index (χ0n) is 18.7. The van der Waals surface area contributed by atoms with E-state index in [1.54, 1.807) is 0 Å². The van der Waals surface area contributed by atoms with Gasteiger partial charge in [-0.15, -0.1) is 10.2 Å². The van der Waals surface area contributed by atoms with Crippen molar-refractivity contribution in [3.8, 4) is 0 Å². The van der Waals surface area contributed by atoms with Gasteiger partial charge in [0.05, 0.1) is 18.8 Å². The molecule has 0 spiro atoms. The van der Waals surface area contributed by atoms with Crippen molar-refractivity contribution in [2.24, 2.45) is 0 Å². The second-order valence-electron chi connectivity index (χ2n) is 8.15. The highest BCUT2D eigenvalue weighted by Gasteiger charge is 2.19. The van der Waals surface area contributed by atoms with E-state index in [0.29, 0.717) is 12.3 Å². The van der Waals surface area contributed by atoms with Crippen LogP contribution >= 0.6 is 11.8 Å². The van der Waals surface area contributed by atoms with E-state index in [-0.39, 0.29) is 5.91 Å². The minimum absolute atomic E-state index is 0.0252. The molecule has 3 aromatic rings. The largest absolute Gasteiger partial charge is 0.325 e. The zero-order valence-corrected chi connectivity index (χ0v) is 19.5. The summed E-state index contributed by atoms with van der Waals surface area (Å²) in [5, 5.41) is 12.8. The van der Waals surface area contributed by atoms with Gasteiger partial charge in [0.25, 0.3) is 0 Å². The maximum atomic E-state index is 12.6. The number of carbonyl (C=O) groups is 1. The van der Waals surface area contributed by atoms with Crippen molar-refractivity contribution >= 4 is 23.4 Å². The molecule has 0 saturated carbocycles. The van der Waals surface area contributed by atoms with Crippen LogP contribution in [0.15, 0.2) is 59.8 Å². The Morgan fingerprint density at radius 3 is 2.50 bits per heavy atom. The van der Waals surface area contributed by atoms with E-state index in [0.717, 1.165) is 48.3 Å². The number of likely N-dealkylation sites (tertiary alicyclic amines) is 1. The van der Waals surface area contributed by atoms with Crippen LogP contribution in [-0.2, 0) is 24.3 Å². The van der Waals surface area contributed by atoms with Gasteiger partial charge < -0.3 is 9.88 Å². The van der Waals surface area contributed by atoms with Crippen LogP contribution in [0.2, 0.25) is 0 Å². The molecule has 1 aliphatic rings. The van der Waals surface area contributed by atoms with Gasteiger partial charge in [-0.25, -0.2) is 0 Å². The summed E-state index contributed by atoms with van der Waals surface area (Å²) < 4.78 is 2.17. The minimum Gasteiger partial charge on any atom is -0.325 e. The second-order valence-corrected chi connectivity index (χ2v) is 9.10. The monoisotopic (exact) mass is 449 g/mol. The molecule has 168 valence electrons. The van der Waals surface area contributed by atoms with Crippen LogP contribution in [0, 0.1) is 0 Å². The summed E-state index contributed by atoms with van der Waals surface area (Å²) in [6.45, 7) is 5.82. The van der Waals surface area contributed by atoms with E-state index in [4.69, 9.17) is 0 Å². The number of hydrogen-bond donors (Lipinski definition) is 1. The number of nitrogens with zero attached hydrogens (tertiary/aromatic N) is 4. The van der Waals surface area contributed by atoms with E-state index in [1.165, 1.54) is 36.6 Å². The second kappa shape index (κ2) is 11.3. The zero-order chi connectivity index (χ0) is 22.2. The molecule has 0 bridgehead atoms. The van der Waals surface area contributed by atoms with Crippen molar-refractivity contribution in [1.29, 1.82) is 0 Å². The molecule has 7 heteroatoms. The number of nitrogens with one attached hydrogen (secondary N) is 1. The Kier molecular flexibility index (Phi) is 7.96. The lowest BCUT2D eigenvalue weighted by Gasteiger charge is -2.26. The maximum absolute atomic E-state index is 12.6. The predicted molar refractivity (Wildman–Crippen MR) is 130 cm³/mol. The predicted octanol–water partition coefficient (Wildman–Crippen LogP) is 4.61. The van der Waals surface area contributed by atoms with Crippen molar-refractivity contribution in [2.75, 3.05) is 24.2 Å². The fourth-order valence-electron chi connectivity index (χ4n) is 4.05. The van der Waals surface area contributed by atoms with E-state index >= 15 is 0 Å². The molecule has 1 fully saturated rings. The van der Waals surface area contributed by atoms with Gasteiger partial charge >= 0.3 is 0 Å². The number of hydrogen-bond acceptors (Lipinski definition) is 5. The summed E-state index contributed by atoms with van der Waals surface area (Å²) in [6, 6.07) is 18.3.